The third-order valence-corrected chi connectivity index (χ3v) is 1.50. The molecule has 0 aromatic heterocycles. The van der Waals surface area contributed by atoms with E-state index < -0.39 is 10.4 Å². The van der Waals surface area contributed by atoms with Crippen LogP contribution < -0.4 is 0 Å². The van der Waals surface area contributed by atoms with E-state index in [2.05, 4.69) is 51.5 Å². The molecule has 0 spiro atoms. The molecule has 16 heavy (non-hydrogen) atoms. The van der Waals surface area contributed by atoms with Crippen LogP contribution in [-0.4, -0.2) is 43.1 Å². The first-order valence-electron chi connectivity index (χ1n) is 4.60. The molecule has 0 heterocycles. The third-order valence-electron chi connectivity index (χ3n) is 1.50. The maximum atomic E-state index is 8.63. The van der Waals surface area contributed by atoms with Gasteiger partial charge in [0.05, 0.1) is 21.1 Å². The second-order valence-corrected chi connectivity index (χ2v) is 5.22. The van der Waals surface area contributed by atoms with Gasteiger partial charge in [0.2, 0.25) is 10.4 Å². The molecule has 0 atom stereocenters. The Labute approximate surface area is 96.5 Å². The highest BCUT2D eigenvalue weighted by molar-refractivity contribution is 7.79. The van der Waals surface area contributed by atoms with Crippen molar-refractivity contribution in [3.63, 3.8) is 0 Å². The summed E-state index contributed by atoms with van der Waals surface area (Å²) < 4.78 is 33.8. The van der Waals surface area contributed by atoms with Crippen LogP contribution in [0.3, 0.4) is 0 Å². The number of quaternary nitrogens is 1. The van der Waals surface area contributed by atoms with Crippen LogP contribution in [-0.2, 0) is 16.9 Å². The van der Waals surface area contributed by atoms with Gasteiger partial charge in [-0.2, -0.15) is 0 Å². The second kappa shape index (κ2) is 5.95. The average Bonchev–Trinajstić information content (AvgIpc) is 1.99. The summed E-state index contributed by atoms with van der Waals surface area (Å²) in [7, 11) is 1.69. The van der Waals surface area contributed by atoms with Gasteiger partial charge in [-0.1, -0.05) is 30.3 Å². The predicted octanol–water partition coefficient (Wildman–Crippen LogP) is 0.897. The molecule has 0 aliphatic rings. The number of hydrogen-bond acceptors (Lipinski definition) is 3. The minimum atomic E-state index is -4.92. The summed E-state index contributed by atoms with van der Waals surface area (Å²) in [5.74, 6) is 0. The molecule has 5 nitrogen and oxygen atoms in total. The van der Waals surface area contributed by atoms with Gasteiger partial charge in [-0.15, -0.1) is 0 Å². The van der Waals surface area contributed by atoms with Crippen molar-refractivity contribution in [3.8, 4) is 0 Å². The lowest BCUT2D eigenvalue weighted by Crippen LogP contribution is -2.33. The van der Waals surface area contributed by atoms with Crippen LogP contribution in [0.15, 0.2) is 30.3 Å². The van der Waals surface area contributed by atoms with E-state index in [9.17, 15) is 0 Å². The Hall–Kier alpha value is -0.950. The first kappa shape index (κ1) is 15.0. The van der Waals surface area contributed by atoms with Gasteiger partial charge in [-0.25, -0.2) is 8.42 Å². The molecule has 1 N–H and O–H groups in total. The topological polar surface area (TPSA) is 77.4 Å². The van der Waals surface area contributed by atoms with Crippen molar-refractivity contribution < 1.29 is 22.0 Å². The Balaban J connectivity index is 0.000000385. The van der Waals surface area contributed by atoms with Crippen LogP contribution in [0, 0.1) is 0 Å². The van der Waals surface area contributed by atoms with Gasteiger partial charge < -0.3 is 9.04 Å². The Bertz CT molecular complexity index is 387. The third kappa shape index (κ3) is 13.1. The van der Waals surface area contributed by atoms with Gasteiger partial charge in [0.15, 0.2) is 0 Å². The van der Waals surface area contributed by atoms with Crippen LogP contribution in [0.2, 0.25) is 0 Å². The molecule has 0 fully saturated rings. The number of rotatable bonds is 2. The molecule has 0 amide bonds. The normalized spacial score (nSPS) is 11.6. The molecule has 0 saturated heterocycles. The van der Waals surface area contributed by atoms with Gasteiger partial charge in [0.25, 0.3) is 0 Å². The number of hydrogen-bond donors (Lipinski definition) is 1. The van der Waals surface area contributed by atoms with E-state index in [1.807, 2.05) is 0 Å². The Kier molecular flexibility index (Phi) is 5.60. The van der Waals surface area contributed by atoms with Crippen molar-refractivity contribution in [2.75, 3.05) is 21.1 Å². The fraction of sp³-hybridized carbons (Fsp3) is 0.400. The van der Waals surface area contributed by atoms with E-state index in [1.54, 1.807) is 0 Å². The molecule has 0 saturated carbocycles. The Morgan fingerprint density at radius 3 is 1.88 bits per heavy atom. The molecule has 1 rings (SSSR count). The smallest absolute Gasteiger partial charge is 0.215 e. The van der Waals surface area contributed by atoms with Crippen molar-refractivity contribution in [3.05, 3.63) is 35.9 Å². The highest BCUT2D eigenvalue weighted by Gasteiger charge is 2.06. The van der Waals surface area contributed by atoms with Crippen molar-refractivity contribution in [2.24, 2.45) is 0 Å². The van der Waals surface area contributed by atoms with E-state index in [-0.39, 0.29) is 0 Å². The summed E-state index contributed by atoms with van der Waals surface area (Å²) in [5, 5.41) is 0. The van der Waals surface area contributed by atoms with E-state index in [4.69, 9.17) is 17.5 Å². The first-order valence-corrected chi connectivity index (χ1v) is 5.97. The molecule has 0 aliphatic heterocycles. The molecule has 1 aromatic rings. The van der Waals surface area contributed by atoms with Crippen molar-refractivity contribution in [1.82, 2.24) is 0 Å². The van der Waals surface area contributed by atoms with E-state index in [0.29, 0.717) is 0 Å². The van der Waals surface area contributed by atoms with Gasteiger partial charge in [0, 0.05) is 5.56 Å². The zero-order valence-electron chi connectivity index (χ0n) is 9.62. The molecule has 0 radical (unpaired) electrons. The Morgan fingerprint density at radius 1 is 1.19 bits per heavy atom. The number of nitrogens with zero attached hydrogens (tertiary/aromatic N) is 1. The largest absolute Gasteiger partial charge is 0.726 e. The lowest BCUT2D eigenvalue weighted by Gasteiger charge is -2.23. The Morgan fingerprint density at radius 2 is 1.56 bits per heavy atom. The van der Waals surface area contributed by atoms with Crippen molar-refractivity contribution >= 4 is 10.4 Å². The van der Waals surface area contributed by atoms with Crippen molar-refractivity contribution in [1.29, 1.82) is 0 Å². The molecular weight excluding hydrogens is 230 g/mol. The highest BCUT2D eigenvalue weighted by atomic mass is 32.3. The SMILES string of the molecule is C[N+](C)(C)Cc1ccccc1.O=S(=O)([O-])O. The van der Waals surface area contributed by atoms with Gasteiger partial charge in [0.1, 0.15) is 6.54 Å². The summed E-state index contributed by atoms with van der Waals surface area (Å²) in [6.45, 7) is 1.10. The summed E-state index contributed by atoms with van der Waals surface area (Å²) in [6, 6.07) is 10.6. The van der Waals surface area contributed by atoms with Gasteiger partial charge >= 0.3 is 0 Å². The summed E-state index contributed by atoms with van der Waals surface area (Å²) >= 11 is 0. The lowest BCUT2D eigenvalue weighted by atomic mass is 10.2. The fourth-order valence-corrected chi connectivity index (χ4v) is 1.13. The minimum absolute atomic E-state index is 0.990. The van der Waals surface area contributed by atoms with Gasteiger partial charge in [-0.05, 0) is 0 Å². The molecule has 0 aliphatic carbocycles. The van der Waals surface area contributed by atoms with E-state index in [1.165, 1.54) is 5.56 Å². The monoisotopic (exact) mass is 247 g/mol. The van der Waals surface area contributed by atoms with Crippen LogP contribution >= 0.6 is 0 Å². The standard InChI is InChI=1S/C10H16N.H2O4S/c1-11(2,3)9-10-7-5-4-6-8-10;1-5(2,3)4/h4-8H,9H2,1-3H3;(H2,1,2,3,4)/q+1;/p-1. The van der Waals surface area contributed by atoms with Crippen molar-refractivity contribution in [2.45, 2.75) is 6.54 Å². The summed E-state index contributed by atoms with van der Waals surface area (Å²) in [4.78, 5) is 0. The molecule has 1 aromatic carbocycles. The van der Waals surface area contributed by atoms with Gasteiger partial charge in [-0.3, -0.25) is 4.55 Å². The summed E-state index contributed by atoms with van der Waals surface area (Å²) in [5.41, 5.74) is 1.40. The zero-order valence-corrected chi connectivity index (χ0v) is 10.4. The first-order chi connectivity index (χ1) is 7.08. The zero-order chi connectivity index (χ0) is 12.8. The number of benzene rings is 1. The minimum Gasteiger partial charge on any atom is -0.726 e. The second-order valence-electron chi connectivity index (χ2n) is 4.36. The maximum Gasteiger partial charge on any atom is 0.215 e. The van der Waals surface area contributed by atoms with Crippen LogP contribution in [0.25, 0.3) is 0 Å². The van der Waals surface area contributed by atoms with E-state index >= 15 is 0 Å². The molecule has 0 bridgehead atoms. The molecule has 92 valence electrons. The van der Waals surface area contributed by atoms with E-state index in [0.717, 1.165) is 11.0 Å². The molecule has 6 heteroatoms. The summed E-state index contributed by atoms with van der Waals surface area (Å²) in [6.07, 6.45) is 0. The molecular formula is C10H17NO4S. The fourth-order valence-electron chi connectivity index (χ4n) is 1.13. The average molecular weight is 247 g/mol. The maximum absolute atomic E-state index is 8.63. The van der Waals surface area contributed by atoms with Crippen LogP contribution in [0.4, 0.5) is 0 Å². The highest BCUT2D eigenvalue weighted by Crippen LogP contribution is 2.05. The lowest BCUT2D eigenvalue weighted by molar-refractivity contribution is -0.884. The van der Waals surface area contributed by atoms with Crippen LogP contribution in [0.5, 0.6) is 0 Å². The molecule has 0 unspecified atom stereocenters. The quantitative estimate of drug-likeness (QED) is 0.478. The predicted molar refractivity (Wildman–Crippen MR) is 60.5 cm³/mol. The van der Waals surface area contributed by atoms with Crippen LogP contribution in [0.1, 0.15) is 5.56 Å².